The van der Waals surface area contributed by atoms with Crippen LogP contribution in [0.5, 0.6) is 17.2 Å². The number of hydrogen-bond acceptors (Lipinski definition) is 5. The van der Waals surface area contributed by atoms with Crippen molar-refractivity contribution in [2.75, 3.05) is 11.5 Å². The first-order valence-corrected chi connectivity index (χ1v) is 14.6. The number of carbonyl (C=O) groups excluding carboxylic acids is 1. The molecule has 0 aliphatic heterocycles. The second kappa shape index (κ2) is 12.2. The molecular weight excluding hydrogens is 622 g/mol. The van der Waals surface area contributed by atoms with Crippen LogP contribution in [0.25, 0.3) is 0 Å². The van der Waals surface area contributed by atoms with Crippen LogP contribution in [0.4, 0.5) is 37.7 Å². The number of benzene rings is 4. The van der Waals surface area contributed by atoms with Gasteiger partial charge in [0.15, 0.2) is 5.78 Å². The molecular formula is C36H36F6N2O3. The summed E-state index contributed by atoms with van der Waals surface area (Å²) in [4.78, 5) is 13.0. The maximum absolute atomic E-state index is 14.7. The predicted octanol–water partition coefficient (Wildman–Crippen LogP) is 9.76. The first-order chi connectivity index (χ1) is 21.5. The SMILES string of the molecule is CC(C)(C)Oc1ccc(C(c2ccc(Oc3ccc(C(=O)c4ccc(C(C)(C)C)cc4)cc3)c(N)c2)(C(F)(F)F)C(F)(F)F)cc1N. The first kappa shape index (κ1) is 35.2. The van der Waals surface area contributed by atoms with Gasteiger partial charge in [-0.15, -0.1) is 0 Å². The highest BCUT2D eigenvalue weighted by Crippen LogP contribution is 2.57. The van der Waals surface area contributed by atoms with Crippen molar-refractivity contribution in [3.63, 3.8) is 0 Å². The van der Waals surface area contributed by atoms with Gasteiger partial charge >= 0.3 is 12.4 Å². The van der Waals surface area contributed by atoms with Gasteiger partial charge in [0.05, 0.1) is 11.4 Å². The number of hydrogen-bond donors (Lipinski definition) is 2. The highest BCUT2D eigenvalue weighted by Gasteiger charge is 2.72. The van der Waals surface area contributed by atoms with Crippen molar-refractivity contribution in [1.82, 2.24) is 0 Å². The third kappa shape index (κ3) is 7.18. The van der Waals surface area contributed by atoms with Crippen molar-refractivity contribution in [3.05, 3.63) is 113 Å². The van der Waals surface area contributed by atoms with E-state index in [0.717, 1.165) is 17.7 Å². The molecule has 11 heteroatoms. The monoisotopic (exact) mass is 658 g/mol. The highest BCUT2D eigenvalue weighted by molar-refractivity contribution is 6.09. The van der Waals surface area contributed by atoms with Gasteiger partial charge in [0.1, 0.15) is 22.8 Å². The highest BCUT2D eigenvalue weighted by atomic mass is 19.4. The molecule has 0 unspecified atom stereocenters. The fourth-order valence-electron chi connectivity index (χ4n) is 5.15. The van der Waals surface area contributed by atoms with E-state index in [0.29, 0.717) is 35.4 Å². The van der Waals surface area contributed by atoms with Gasteiger partial charge in [0.2, 0.25) is 5.41 Å². The van der Waals surface area contributed by atoms with Gasteiger partial charge in [0, 0.05) is 11.1 Å². The van der Waals surface area contributed by atoms with E-state index >= 15 is 0 Å². The van der Waals surface area contributed by atoms with Crippen LogP contribution < -0.4 is 20.9 Å². The number of halogens is 6. The van der Waals surface area contributed by atoms with Crippen LogP contribution in [0.2, 0.25) is 0 Å². The van der Waals surface area contributed by atoms with E-state index in [1.54, 1.807) is 32.9 Å². The number of ether oxygens (including phenoxy) is 2. The molecule has 5 nitrogen and oxygen atoms in total. The molecule has 4 N–H and O–H groups in total. The average molecular weight is 659 g/mol. The molecule has 250 valence electrons. The topological polar surface area (TPSA) is 87.6 Å². The summed E-state index contributed by atoms with van der Waals surface area (Å²) in [5.41, 5.74) is 5.21. The first-order valence-electron chi connectivity index (χ1n) is 14.6. The molecule has 0 saturated carbocycles. The summed E-state index contributed by atoms with van der Waals surface area (Å²) in [5, 5.41) is 0. The van der Waals surface area contributed by atoms with Crippen molar-refractivity contribution in [2.24, 2.45) is 0 Å². The van der Waals surface area contributed by atoms with Crippen LogP contribution in [-0.4, -0.2) is 23.7 Å². The smallest absolute Gasteiger partial charge is 0.411 e. The fourth-order valence-corrected chi connectivity index (χ4v) is 5.15. The molecule has 0 aromatic heterocycles. The minimum absolute atomic E-state index is 0.0612. The minimum Gasteiger partial charge on any atom is -0.486 e. The summed E-state index contributed by atoms with van der Waals surface area (Å²) >= 11 is 0. The summed E-state index contributed by atoms with van der Waals surface area (Å²) < 4.78 is 99.7. The van der Waals surface area contributed by atoms with Crippen molar-refractivity contribution in [1.29, 1.82) is 0 Å². The lowest BCUT2D eigenvalue weighted by molar-refractivity contribution is -0.288. The molecule has 4 rings (SSSR count). The largest absolute Gasteiger partial charge is 0.486 e. The molecule has 0 amide bonds. The van der Waals surface area contributed by atoms with Gasteiger partial charge in [0.25, 0.3) is 0 Å². The molecule has 4 aromatic carbocycles. The zero-order valence-electron chi connectivity index (χ0n) is 26.7. The summed E-state index contributed by atoms with van der Waals surface area (Å²) in [5.74, 6) is -0.328. The Balaban J connectivity index is 1.66. The zero-order valence-corrected chi connectivity index (χ0v) is 26.7. The Labute approximate surface area is 269 Å². The number of carbonyl (C=O) groups is 1. The molecule has 47 heavy (non-hydrogen) atoms. The number of rotatable bonds is 7. The number of nitrogens with two attached hydrogens (primary N) is 2. The van der Waals surface area contributed by atoms with Crippen molar-refractivity contribution in [2.45, 2.75) is 70.3 Å². The molecule has 0 saturated heterocycles. The average Bonchev–Trinajstić information content (AvgIpc) is 2.93. The van der Waals surface area contributed by atoms with E-state index in [2.05, 4.69) is 20.8 Å². The van der Waals surface area contributed by atoms with Gasteiger partial charge in [-0.25, -0.2) is 0 Å². The molecule has 0 atom stereocenters. The van der Waals surface area contributed by atoms with E-state index < -0.39 is 45.9 Å². The summed E-state index contributed by atoms with van der Waals surface area (Å²) in [6.07, 6.45) is -11.7. The Morgan fingerprint density at radius 2 is 0.979 bits per heavy atom. The second-order valence-electron chi connectivity index (χ2n) is 13.2. The van der Waals surface area contributed by atoms with Crippen LogP contribution in [0.3, 0.4) is 0 Å². The van der Waals surface area contributed by atoms with E-state index in [-0.39, 0.29) is 28.4 Å². The van der Waals surface area contributed by atoms with Gasteiger partial charge in [-0.3, -0.25) is 4.79 Å². The summed E-state index contributed by atoms with van der Waals surface area (Å²) in [6, 6.07) is 17.6. The van der Waals surface area contributed by atoms with Crippen LogP contribution in [0.1, 0.15) is 74.2 Å². The fraction of sp³-hybridized carbons (Fsp3) is 0.306. The van der Waals surface area contributed by atoms with Crippen molar-refractivity contribution in [3.8, 4) is 17.2 Å². The van der Waals surface area contributed by atoms with Gasteiger partial charge in [-0.2, -0.15) is 26.3 Å². The number of nitrogen functional groups attached to an aromatic ring is 2. The minimum atomic E-state index is -5.85. The van der Waals surface area contributed by atoms with E-state index in [1.165, 1.54) is 24.3 Å². The quantitative estimate of drug-likeness (QED) is 0.117. The molecule has 0 bridgehead atoms. The number of anilines is 2. The molecule has 4 aromatic rings. The Morgan fingerprint density at radius 3 is 1.36 bits per heavy atom. The van der Waals surface area contributed by atoms with Crippen LogP contribution in [-0.2, 0) is 10.8 Å². The van der Waals surface area contributed by atoms with Gasteiger partial charge < -0.3 is 20.9 Å². The standard InChI is InChI=1S/C36H36F6N2O3/c1-32(2,3)23-11-7-21(8-12-23)31(45)22-9-15-26(16-10-22)46-29-17-13-24(19-27(29)43)34(35(37,38)39,36(40,41)42)25-14-18-30(28(44)20-25)47-33(4,5)6/h7-20H,43-44H2,1-6H3. The van der Waals surface area contributed by atoms with Crippen LogP contribution in [0, 0.1) is 0 Å². The molecule has 0 radical (unpaired) electrons. The third-order valence-corrected chi connectivity index (χ3v) is 7.51. The van der Waals surface area contributed by atoms with Crippen LogP contribution in [0.15, 0.2) is 84.9 Å². The maximum atomic E-state index is 14.7. The molecule has 0 spiro atoms. The third-order valence-electron chi connectivity index (χ3n) is 7.51. The lowest BCUT2D eigenvalue weighted by Crippen LogP contribution is -2.54. The number of ketones is 1. The molecule has 0 heterocycles. The Bertz CT molecular complexity index is 1730. The molecule has 0 aliphatic rings. The summed E-state index contributed by atoms with van der Waals surface area (Å²) in [6.45, 7) is 11.1. The van der Waals surface area contributed by atoms with Crippen molar-refractivity contribution >= 4 is 17.2 Å². The normalized spacial score (nSPS) is 12.9. The Hall–Kier alpha value is -4.67. The van der Waals surface area contributed by atoms with Crippen molar-refractivity contribution < 1.29 is 40.6 Å². The van der Waals surface area contributed by atoms with Gasteiger partial charge in [-0.1, -0.05) is 57.2 Å². The molecule has 0 fully saturated rings. The predicted molar refractivity (Wildman–Crippen MR) is 170 cm³/mol. The lowest BCUT2D eigenvalue weighted by Gasteiger charge is -2.38. The van der Waals surface area contributed by atoms with Gasteiger partial charge in [-0.05, 0) is 91.4 Å². The number of alkyl halides is 6. The Morgan fingerprint density at radius 1 is 0.574 bits per heavy atom. The van der Waals surface area contributed by atoms with E-state index in [4.69, 9.17) is 20.9 Å². The zero-order chi connectivity index (χ0) is 35.2. The summed E-state index contributed by atoms with van der Waals surface area (Å²) in [7, 11) is 0. The lowest BCUT2D eigenvalue weighted by atomic mass is 9.72. The maximum Gasteiger partial charge on any atom is 0.411 e. The van der Waals surface area contributed by atoms with Crippen LogP contribution >= 0.6 is 0 Å². The van der Waals surface area contributed by atoms with E-state index in [1.807, 2.05) is 12.1 Å². The second-order valence-corrected chi connectivity index (χ2v) is 13.2. The van der Waals surface area contributed by atoms with E-state index in [9.17, 15) is 31.1 Å². The Kier molecular flexibility index (Phi) is 9.11. The molecule has 0 aliphatic carbocycles.